The molecule has 0 atom stereocenters. The number of rotatable bonds is 6. The van der Waals surface area contributed by atoms with Crippen LogP contribution in [0.25, 0.3) is 0 Å². The van der Waals surface area contributed by atoms with Crippen LogP contribution in [0.2, 0.25) is 0 Å². The van der Waals surface area contributed by atoms with Crippen LogP contribution in [0.15, 0.2) is 77.9 Å². The molecule has 0 bridgehead atoms. The summed E-state index contributed by atoms with van der Waals surface area (Å²) in [5.41, 5.74) is 2.72. The maximum atomic E-state index is 12.6. The lowest BCUT2D eigenvalue weighted by Crippen LogP contribution is -2.16. The topological polar surface area (TPSA) is 77.6 Å². The van der Waals surface area contributed by atoms with Crippen LogP contribution in [0.5, 0.6) is 0 Å². The van der Waals surface area contributed by atoms with E-state index in [0.717, 1.165) is 15.6 Å². The van der Waals surface area contributed by atoms with Gasteiger partial charge in [-0.05, 0) is 35.4 Å². The van der Waals surface area contributed by atoms with Crippen LogP contribution in [0, 0.1) is 0 Å². The van der Waals surface area contributed by atoms with E-state index in [9.17, 15) is 4.79 Å². The fraction of sp³-hybridized carbons (Fsp3) is 0.100. The third-order valence-corrected chi connectivity index (χ3v) is 4.76. The molecule has 0 spiro atoms. The van der Waals surface area contributed by atoms with Crippen molar-refractivity contribution >= 4 is 27.7 Å². The fourth-order valence-corrected chi connectivity index (χ4v) is 3.04. The van der Waals surface area contributed by atoms with Crippen LogP contribution in [0.1, 0.15) is 21.5 Å². The van der Waals surface area contributed by atoms with Crippen LogP contribution in [-0.2, 0) is 13.1 Å². The molecule has 2 aromatic carbocycles. The first-order valence-corrected chi connectivity index (χ1v) is 9.46. The molecule has 7 nitrogen and oxygen atoms in total. The molecule has 4 rings (SSSR count). The number of carbonyl (C=O) groups is 1. The number of aromatic nitrogens is 5. The van der Waals surface area contributed by atoms with Gasteiger partial charge in [-0.3, -0.25) is 4.79 Å². The van der Waals surface area contributed by atoms with Crippen LogP contribution in [0.3, 0.4) is 0 Å². The molecule has 8 heteroatoms. The van der Waals surface area contributed by atoms with Gasteiger partial charge < -0.3 is 5.32 Å². The van der Waals surface area contributed by atoms with E-state index < -0.39 is 0 Å². The third kappa shape index (κ3) is 4.34. The van der Waals surface area contributed by atoms with Gasteiger partial charge in [0.2, 0.25) is 0 Å². The van der Waals surface area contributed by atoms with Crippen molar-refractivity contribution in [1.82, 2.24) is 24.5 Å². The molecule has 1 amide bonds. The summed E-state index contributed by atoms with van der Waals surface area (Å²) in [6.07, 6.45) is 4.84. The number of hydrogen-bond acceptors (Lipinski definition) is 4. The first kappa shape index (κ1) is 18.1. The Hall–Kier alpha value is -3.26. The Morgan fingerprint density at radius 3 is 2.36 bits per heavy atom. The summed E-state index contributed by atoms with van der Waals surface area (Å²) in [6.45, 7) is 1.19. The average molecular weight is 437 g/mol. The number of carbonyl (C=O) groups excluding carboxylic acids is 1. The Kier molecular flexibility index (Phi) is 5.29. The van der Waals surface area contributed by atoms with E-state index in [2.05, 4.69) is 36.4 Å². The second-order valence-corrected chi connectivity index (χ2v) is 7.16. The summed E-state index contributed by atoms with van der Waals surface area (Å²) in [4.78, 5) is 16.5. The number of nitrogens with one attached hydrogen (secondary N) is 1. The number of benzene rings is 2. The molecule has 0 aliphatic carbocycles. The normalized spacial score (nSPS) is 10.8. The predicted molar refractivity (Wildman–Crippen MR) is 109 cm³/mol. The highest BCUT2D eigenvalue weighted by Crippen LogP contribution is 2.15. The van der Waals surface area contributed by atoms with E-state index in [1.807, 2.05) is 36.4 Å². The fourth-order valence-electron chi connectivity index (χ4n) is 2.78. The van der Waals surface area contributed by atoms with Crippen molar-refractivity contribution in [2.75, 3.05) is 5.32 Å². The van der Waals surface area contributed by atoms with E-state index in [1.165, 1.54) is 6.33 Å². The van der Waals surface area contributed by atoms with Crippen molar-refractivity contribution in [2.24, 2.45) is 0 Å². The lowest BCUT2D eigenvalue weighted by Gasteiger charge is -2.10. The van der Waals surface area contributed by atoms with Crippen molar-refractivity contribution in [3.8, 4) is 0 Å². The Balaban J connectivity index is 1.42. The van der Waals surface area contributed by atoms with Crippen molar-refractivity contribution in [2.45, 2.75) is 13.1 Å². The minimum atomic E-state index is -0.176. The zero-order valence-electron chi connectivity index (χ0n) is 14.9. The van der Waals surface area contributed by atoms with Gasteiger partial charge in [-0.2, -0.15) is 10.2 Å². The molecule has 0 aliphatic heterocycles. The predicted octanol–water partition coefficient (Wildman–Crippen LogP) is 3.59. The first-order chi connectivity index (χ1) is 13.7. The third-order valence-electron chi connectivity index (χ3n) is 4.23. The summed E-state index contributed by atoms with van der Waals surface area (Å²) < 4.78 is 4.52. The van der Waals surface area contributed by atoms with Crippen molar-refractivity contribution in [3.05, 3.63) is 94.6 Å². The monoisotopic (exact) mass is 436 g/mol. The summed E-state index contributed by atoms with van der Waals surface area (Å²) in [6, 6.07) is 17.2. The molecule has 0 saturated heterocycles. The van der Waals surface area contributed by atoms with E-state index in [-0.39, 0.29) is 5.91 Å². The first-order valence-electron chi connectivity index (χ1n) is 8.66. The molecule has 28 heavy (non-hydrogen) atoms. The van der Waals surface area contributed by atoms with Crippen molar-refractivity contribution in [1.29, 1.82) is 0 Å². The Morgan fingerprint density at radius 2 is 1.64 bits per heavy atom. The average Bonchev–Trinajstić information content (AvgIpc) is 3.37. The minimum Gasteiger partial charge on any atom is -0.307 e. The van der Waals surface area contributed by atoms with Crippen LogP contribution < -0.4 is 5.32 Å². The molecule has 0 aliphatic rings. The lowest BCUT2D eigenvalue weighted by atomic mass is 10.1. The molecule has 0 fully saturated rings. The second-order valence-electron chi connectivity index (χ2n) is 6.24. The van der Waals surface area contributed by atoms with Crippen LogP contribution in [0.4, 0.5) is 5.82 Å². The lowest BCUT2D eigenvalue weighted by molar-refractivity contribution is 0.102. The summed E-state index contributed by atoms with van der Waals surface area (Å²) in [5.74, 6) is 0.476. The van der Waals surface area contributed by atoms with Gasteiger partial charge in [0.1, 0.15) is 18.5 Å². The molecular weight excluding hydrogens is 420 g/mol. The number of amides is 1. The van der Waals surface area contributed by atoms with Gasteiger partial charge in [0, 0.05) is 16.1 Å². The summed E-state index contributed by atoms with van der Waals surface area (Å²) in [5, 5.41) is 11.3. The Labute approximate surface area is 170 Å². The quantitative estimate of drug-likeness (QED) is 0.500. The molecule has 4 aromatic rings. The summed E-state index contributed by atoms with van der Waals surface area (Å²) >= 11 is 3.43. The second kappa shape index (κ2) is 8.18. The molecule has 2 heterocycles. The van der Waals surface area contributed by atoms with E-state index in [0.29, 0.717) is 24.5 Å². The van der Waals surface area contributed by atoms with E-state index >= 15 is 0 Å². The van der Waals surface area contributed by atoms with Crippen molar-refractivity contribution in [3.63, 3.8) is 0 Å². The Morgan fingerprint density at radius 1 is 0.929 bits per heavy atom. The molecule has 2 aromatic heterocycles. The van der Waals surface area contributed by atoms with Gasteiger partial charge in [0.25, 0.3) is 5.91 Å². The van der Waals surface area contributed by atoms with Crippen molar-refractivity contribution < 1.29 is 4.79 Å². The van der Waals surface area contributed by atoms with E-state index in [1.54, 1.807) is 40.1 Å². The zero-order valence-corrected chi connectivity index (χ0v) is 16.5. The highest BCUT2D eigenvalue weighted by Gasteiger charge is 2.10. The minimum absolute atomic E-state index is 0.176. The molecule has 0 unspecified atom stereocenters. The van der Waals surface area contributed by atoms with Gasteiger partial charge >= 0.3 is 0 Å². The maximum Gasteiger partial charge on any atom is 0.256 e. The van der Waals surface area contributed by atoms with Crippen LogP contribution in [-0.4, -0.2) is 30.5 Å². The zero-order chi connectivity index (χ0) is 19.3. The maximum absolute atomic E-state index is 12.6. The standard InChI is InChI=1S/C20H17BrN6O/c21-18-7-3-16(4-8-18)12-27-19(9-10-23-27)25-20(28)17-5-1-15(2-6-17)11-26-14-22-13-24-26/h1-10,13-14H,11-12H2,(H,25,28). The van der Waals surface area contributed by atoms with Gasteiger partial charge in [-0.15, -0.1) is 0 Å². The van der Waals surface area contributed by atoms with Crippen LogP contribution >= 0.6 is 15.9 Å². The van der Waals surface area contributed by atoms with Gasteiger partial charge in [-0.1, -0.05) is 40.2 Å². The molecule has 0 radical (unpaired) electrons. The van der Waals surface area contributed by atoms with Gasteiger partial charge in [0.15, 0.2) is 0 Å². The molecular formula is C20H17BrN6O. The largest absolute Gasteiger partial charge is 0.307 e. The smallest absolute Gasteiger partial charge is 0.256 e. The van der Waals surface area contributed by atoms with Gasteiger partial charge in [-0.25, -0.2) is 14.3 Å². The molecule has 0 saturated carbocycles. The summed E-state index contributed by atoms with van der Waals surface area (Å²) in [7, 11) is 0. The molecule has 1 N–H and O–H groups in total. The number of anilines is 1. The molecule has 140 valence electrons. The highest BCUT2D eigenvalue weighted by molar-refractivity contribution is 9.10. The van der Waals surface area contributed by atoms with Gasteiger partial charge in [0.05, 0.1) is 19.3 Å². The van der Waals surface area contributed by atoms with E-state index in [4.69, 9.17) is 0 Å². The Bertz CT molecular complexity index is 1060. The highest BCUT2D eigenvalue weighted by atomic mass is 79.9. The number of halogens is 1. The number of nitrogens with zero attached hydrogens (tertiary/aromatic N) is 5. The number of hydrogen-bond donors (Lipinski definition) is 1. The SMILES string of the molecule is O=C(Nc1ccnn1Cc1ccc(Br)cc1)c1ccc(Cn2cncn2)cc1.